The molecule has 7 heteroatoms. The summed E-state index contributed by atoms with van der Waals surface area (Å²) in [7, 11) is 3.04. The standard InChI is InChI=1S/C15H21ClN2O4/c1-21-12-8-11(9-13(10-12)22-2)15(20)18-7-6-17-14(19)4-3-5-16/h8-10H,3-7H2,1-2H3,(H,17,19)(H,18,20). The number of nitrogens with one attached hydrogen (secondary N) is 2. The predicted molar refractivity (Wildman–Crippen MR) is 84.8 cm³/mol. The maximum absolute atomic E-state index is 12.0. The van der Waals surface area contributed by atoms with Crippen LogP contribution >= 0.6 is 11.6 Å². The van der Waals surface area contributed by atoms with Crippen molar-refractivity contribution in [3.05, 3.63) is 23.8 Å². The van der Waals surface area contributed by atoms with Gasteiger partial charge in [-0.1, -0.05) is 0 Å². The first-order valence-electron chi connectivity index (χ1n) is 6.94. The van der Waals surface area contributed by atoms with Gasteiger partial charge in [0.25, 0.3) is 5.91 Å². The highest BCUT2D eigenvalue weighted by atomic mass is 35.5. The van der Waals surface area contributed by atoms with Gasteiger partial charge >= 0.3 is 0 Å². The highest BCUT2D eigenvalue weighted by Gasteiger charge is 2.09. The van der Waals surface area contributed by atoms with E-state index in [4.69, 9.17) is 21.1 Å². The highest BCUT2D eigenvalue weighted by molar-refractivity contribution is 6.17. The molecule has 0 heterocycles. The molecule has 0 aliphatic rings. The highest BCUT2D eigenvalue weighted by Crippen LogP contribution is 2.22. The zero-order valence-corrected chi connectivity index (χ0v) is 13.5. The summed E-state index contributed by atoms with van der Waals surface area (Å²) in [4.78, 5) is 23.4. The summed E-state index contributed by atoms with van der Waals surface area (Å²) in [6.45, 7) is 0.707. The lowest BCUT2D eigenvalue weighted by Gasteiger charge is -2.10. The Kier molecular flexibility index (Phi) is 8.14. The number of hydrogen-bond acceptors (Lipinski definition) is 4. The van der Waals surface area contributed by atoms with E-state index >= 15 is 0 Å². The van der Waals surface area contributed by atoms with Crippen LogP contribution in [0.15, 0.2) is 18.2 Å². The minimum absolute atomic E-state index is 0.0713. The van der Waals surface area contributed by atoms with Crippen molar-refractivity contribution < 1.29 is 19.1 Å². The first-order valence-corrected chi connectivity index (χ1v) is 7.48. The molecule has 22 heavy (non-hydrogen) atoms. The van der Waals surface area contributed by atoms with Gasteiger partial charge in [-0.2, -0.15) is 0 Å². The van der Waals surface area contributed by atoms with Crippen molar-refractivity contribution in [2.45, 2.75) is 12.8 Å². The molecule has 1 aromatic carbocycles. The molecule has 2 N–H and O–H groups in total. The Morgan fingerprint density at radius 3 is 2.18 bits per heavy atom. The molecular formula is C15H21ClN2O4. The van der Waals surface area contributed by atoms with Gasteiger partial charge in [-0.3, -0.25) is 9.59 Å². The van der Waals surface area contributed by atoms with Gasteiger partial charge < -0.3 is 20.1 Å². The van der Waals surface area contributed by atoms with Gasteiger partial charge in [-0.05, 0) is 18.6 Å². The van der Waals surface area contributed by atoms with E-state index in [1.54, 1.807) is 18.2 Å². The fourth-order valence-corrected chi connectivity index (χ4v) is 1.87. The van der Waals surface area contributed by atoms with Gasteiger partial charge in [0, 0.05) is 37.0 Å². The minimum Gasteiger partial charge on any atom is -0.497 e. The Hall–Kier alpha value is -1.95. The molecule has 0 aromatic heterocycles. The second-order valence-electron chi connectivity index (χ2n) is 4.50. The van der Waals surface area contributed by atoms with E-state index in [1.807, 2.05) is 0 Å². The Morgan fingerprint density at radius 1 is 1.05 bits per heavy atom. The van der Waals surface area contributed by atoms with Crippen LogP contribution in [0.25, 0.3) is 0 Å². The summed E-state index contributed by atoms with van der Waals surface area (Å²) in [5.74, 6) is 1.21. The fraction of sp³-hybridized carbons (Fsp3) is 0.467. The van der Waals surface area contributed by atoms with Crippen LogP contribution in [-0.2, 0) is 4.79 Å². The van der Waals surface area contributed by atoms with Gasteiger partial charge in [-0.25, -0.2) is 0 Å². The van der Waals surface area contributed by atoms with Crippen LogP contribution in [0.1, 0.15) is 23.2 Å². The number of benzene rings is 1. The van der Waals surface area contributed by atoms with E-state index < -0.39 is 0 Å². The second kappa shape index (κ2) is 9.89. The summed E-state index contributed by atoms with van der Waals surface area (Å²) in [6.07, 6.45) is 1.04. The molecule has 0 unspecified atom stereocenters. The Morgan fingerprint density at radius 2 is 1.64 bits per heavy atom. The van der Waals surface area contributed by atoms with E-state index in [1.165, 1.54) is 14.2 Å². The molecule has 0 radical (unpaired) electrons. The van der Waals surface area contributed by atoms with E-state index in [2.05, 4.69) is 10.6 Å². The Balaban J connectivity index is 2.44. The number of methoxy groups -OCH3 is 2. The SMILES string of the molecule is COc1cc(OC)cc(C(=O)NCCNC(=O)CCCCl)c1. The maximum Gasteiger partial charge on any atom is 0.251 e. The molecule has 0 spiro atoms. The molecule has 0 saturated heterocycles. The van der Waals surface area contributed by atoms with Crippen molar-refractivity contribution >= 4 is 23.4 Å². The zero-order chi connectivity index (χ0) is 16.4. The minimum atomic E-state index is -0.257. The summed E-state index contributed by atoms with van der Waals surface area (Å²) >= 11 is 5.51. The largest absolute Gasteiger partial charge is 0.497 e. The number of carbonyl (C=O) groups excluding carboxylic acids is 2. The monoisotopic (exact) mass is 328 g/mol. The summed E-state index contributed by atoms with van der Waals surface area (Å²) < 4.78 is 10.2. The maximum atomic E-state index is 12.0. The van der Waals surface area contributed by atoms with E-state index in [0.29, 0.717) is 48.9 Å². The van der Waals surface area contributed by atoms with Crippen molar-refractivity contribution in [1.29, 1.82) is 0 Å². The number of halogens is 1. The lowest BCUT2D eigenvalue weighted by Crippen LogP contribution is -2.34. The van der Waals surface area contributed by atoms with Crippen LogP contribution in [0.2, 0.25) is 0 Å². The first kappa shape index (κ1) is 18.1. The van der Waals surface area contributed by atoms with Crippen LogP contribution < -0.4 is 20.1 Å². The topological polar surface area (TPSA) is 76.7 Å². The molecule has 0 aliphatic carbocycles. The van der Waals surface area contributed by atoms with Crippen LogP contribution in [0.3, 0.4) is 0 Å². The van der Waals surface area contributed by atoms with Crippen molar-refractivity contribution in [2.75, 3.05) is 33.2 Å². The lowest BCUT2D eigenvalue weighted by atomic mass is 10.2. The molecule has 0 bridgehead atoms. The lowest BCUT2D eigenvalue weighted by molar-refractivity contribution is -0.121. The predicted octanol–water partition coefficient (Wildman–Crippen LogP) is 1.57. The fourth-order valence-electron chi connectivity index (χ4n) is 1.73. The molecule has 0 atom stereocenters. The molecule has 2 amide bonds. The molecule has 0 saturated carbocycles. The van der Waals surface area contributed by atoms with E-state index in [0.717, 1.165) is 0 Å². The molecular weight excluding hydrogens is 308 g/mol. The molecule has 6 nitrogen and oxygen atoms in total. The van der Waals surface area contributed by atoms with Crippen LogP contribution in [0, 0.1) is 0 Å². The van der Waals surface area contributed by atoms with Crippen LogP contribution in [0.4, 0.5) is 0 Å². The molecule has 0 aliphatic heterocycles. The van der Waals surface area contributed by atoms with Crippen molar-refractivity contribution in [1.82, 2.24) is 10.6 Å². The number of amides is 2. The average molecular weight is 329 g/mol. The Labute approximate surface area is 135 Å². The van der Waals surface area contributed by atoms with Crippen molar-refractivity contribution in [3.63, 3.8) is 0 Å². The third-order valence-corrected chi connectivity index (χ3v) is 3.15. The number of ether oxygens (including phenoxy) is 2. The third-order valence-electron chi connectivity index (χ3n) is 2.88. The second-order valence-corrected chi connectivity index (χ2v) is 4.88. The van der Waals surface area contributed by atoms with Gasteiger partial charge in [0.05, 0.1) is 14.2 Å². The number of carbonyl (C=O) groups is 2. The van der Waals surface area contributed by atoms with Gasteiger partial charge in [0.15, 0.2) is 0 Å². The third kappa shape index (κ3) is 6.22. The zero-order valence-electron chi connectivity index (χ0n) is 12.8. The van der Waals surface area contributed by atoms with Crippen molar-refractivity contribution in [2.24, 2.45) is 0 Å². The van der Waals surface area contributed by atoms with Gasteiger partial charge in [0.2, 0.25) is 5.91 Å². The number of rotatable bonds is 9. The molecule has 1 rings (SSSR count). The Bertz CT molecular complexity index is 486. The summed E-state index contributed by atoms with van der Waals surface area (Å²) in [5, 5.41) is 5.43. The van der Waals surface area contributed by atoms with Crippen molar-refractivity contribution in [3.8, 4) is 11.5 Å². The van der Waals surface area contributed by atoms with Crippen LogP contribution in [-0.4, -0.2) is 45.0 Å². The number of hydrogen-bond donors (Lipinski definition) is 2. The smallest absolute Gasteiger partial charge is 0.251 e. The average Bonchev–Trinajstić information content (AvgIpc) is 2.55. The molecule has 1 aromatic rings. The first-order chi connectivity index (χ1) is 10.6. The molecule has 0 fully saturated rings. The summed E-state index contributed by atoms with van der Waals surface area (Å²) in [5.41, 5.74) is 0.435. The normalized spacial score (nSPS) is 9.95. The molecule has 122 valence electrons. The quantitative estimate of drug-likeness (QED) is 0.533. The van der Waals surface area contributed by atoms with Crippen LogP contribution in [0.5, 0.6) is 11.5 Å². The van der Waals surface area contributed by atoms with Gasteiger partial charge in [0.1, 0.15) is 11.5 Å². The summed E-state index contributed by atoms with van der Waals surface area (Å²) in [6, 6.07) is 4.93. The van der Waals surface area contributed by atoms with Gasteiger partial charge in [-0.15, -0.1) is 11.6 Å². The van der Waals surface area contributed by atoms with E-state index in [-0.39, 0.29) is 11.8 Å². The number of alkyl halides is 1. The van der Waals surface area contributed by atoms with E-state index in [9.17, 15) is 9.59 Å².